The lowest BCUT2D eigenvalue weighted by molar-refractivity contribution is 0.0940. The number of sulfonamides is 1. The van der Waals surface area contributed by atoms with Gasteiger partial charge in [-0.25, -0.2) is 8.42 Å². The molecular weight excluding hydrogens is 438 g/mol. The van der Waals surface area contributed by atoms with E-state index in [0.29, 0.717) is 11.3 Å². The monoisotopic (exact) mass is 465 g/mol. The second kappa shape index (κ2) is 10.3. The first-order valence-electron chi connectivity index (χ1n) is 10.6. The molecule has 0 fully saturated rings. The molecule has 0 radical (unpaired) electrons. The molecule has 3 aromatic carbocycles. The van der Waals surface area contributed by atoms with Crippen LogP contribution in [0.5, 0.6) is 0 Å². The first kappa shape index (κ1) is 24.0. The van der Waals surface area contributed by atoms with Gasteiger partial charge in [0.1, 0.15) is 0 Å². The molecule has 0 saturated heterocycles. The summed E-state index contributed by atoms with van der Waals surface area (Å²) in [7, 11) is -2.46. The first-order valence-corrected chi connectivity index (χ1v) is 12.0. The van der Waals surface area contributed by atoms with Crippen molar-refractivity contribution in [2.75, 3.05) is 16.7 Å². The molecule has 0 saturated carbocycles. The Bertz CT molecular complexity index is 1240. The maximum absolute atomic E-state index is 13.2. The molecule has 33 heavy (non-hydrogen) atoms. The zero-order chi connectivity index (χ0) is 24.0. The highest BCUT2D eigenvalue weighted by Crippen LogP contribution is 2.27. The molecule has 3 aromatic rings. The third kappa shape index (κ3) is 5.40. The van der Waals surface area contributed by atoms with Crippen molar-refractivity contribution in [1.29, 1.82) is 0 Å². The molecule has 0 aliphatic rings. The second-order valence-corrected chi connectivity index (χ2v) is 9.55. The topological polar surface area (TPSA) is 95.6 Å². The molecule has 0 spiro atoms. The average Bonchev–Trinajstić information content (AvgIpc) is 2.84. The van der Waals surface area contributed by atoms with Gasteiger partial charge in [-0.05, 0) is 49.7 Å². The lowest BCUT2D eigenvalue weighted by Crippen LogP contribution is -2.33. The van der Waals surface area contributed by atoms with Crippen molar-refractivity contribution < 1.29 is 18.0 Å². The summed E-state index contributed by atoms with van der Waals surface area (Å²) in [6, 6.07) is 21.1. The van der Waals surface area contributed by atoms with E-state index in [1.165, 1.54) is 19.2 Å². The van der Waals surface area contributed by atoms with Gasteiger partial charge in [0.25, 0.3) is 21.8 Å². The minimum atomic E-state index is -3.87. The van der Waals surface area contributed by atoms with Crippen LogP contribution in [0.4, 0.5) is 11.4 Å². The van der Waals surface area contributed by atoms with E-state index in [-0.39, 0.29) is 28.1 Å². The quantitative estimate of drug-likeness (QED) is 0.519. The third-order valence-electron chi connectivity index (χ3n) is 5.30. The van der Waals surface area contributed by atoms with Crippen LogP contribution in [0.1, 0.15) is 41.0 Å². The van der Waals surface area contributed by atoms with Crippen molar-refractivity contribution >= 4 is 33.2 Å². The Morgan fingerprint density at radius 1 is 0.848 bits per heavy atom. The summed E-state index contributed by atoms with van der Waals surface area (Å²) in [4.78, 5) is 26.0. The molecule has 2 amide bonds. The fourth-order valence-corrected chi connectivity index (χ4v) is 4.44. The Kier molecular flexibility index (Phi) is 7.50. The third-order valence-corrected chi connectivity index (χ3v) is 7.08. The van der Waals surface area contributed by atoms with Gasteiger partial charge < -0.3 is 10.6 Å². The number of carbonyl (C=O) groups excluding carboxylic acids is 2. The zero-order valence-corrected chi connectivity index (χ0v) is 19.6. The van der Waals surface area contributed by atoms with Crippen LogP contribution in [0.15, 0.2) is 83.8 Å². The van der Waals surface area contributed by atoms with Gasteiger partial charge in [-0.3, -0.25) is 13.9 Å². The number of benzene rings is 3. The van der Waals surface area contributed by atoms with Gasteiger partial charge in [-0.2, -0.15) is 0 Å². The maximum Gasteiger partial charge on any atom is 0.264 e. The van der Waals surface area contributed by atoms with Gasteiger partial charge in [0, 0.05) is 13.1 Å². The van der Waals surface area contributed by atoms with Crippen molar-refractivity contribution in [3.05, 3.63) is 90.0 Å². The smallest absolute Gasteiger partial charge is 0.264 e. The summed E-state index contributed by atoms with van der Waals surface area (Å²) in [6.45, 7) is 3.87. The fraction of sp³-hybridized carbons (Fsp3) is 0.200. The van der Waals surface area contributed by atoms with E-state index in [1.807, 2.05) is 13.8 Å². The molecule has 7 nitrogen and oxygen atoms in total. The van der Waals surface area contributed by atoms with E-state index < -0.39 is 15.9 Å². The summed E-state index contributed by atoms with van der Waals surface area (Å²) in [5.41, 5.74) is 1.05. The average molecular weight is 466 g/mol. The standard InChI is InChI=1S/C25H27N3O4S/c1-4-18(2)26-24(29)20-14-8-10-16-22(20)27-25(30)21-15-9-11-17-23(21)28(3)33(31,32)19-12-6-5-7-13-19/h5-18H,4H2,1-3H3,(H,26,29)(H,27,30)/t18-/m0/s1. The van der Waals surface area contributed by atoms with Crippen LogP contribution in [0, 0.1) is 0 Å². The van der Waals surface area contributed by atoms with Gasteiger partial charge in [-0.15, -0.1) is 0 Å². The maximum atomic E-state index is 13.2. The van der Waals surface area contributed by atoms with E-state index in [1.54, 1.807) is 66.7 Å². The normalized spacial score (nSPS) is 12.0. The molecule has 0 aliphatic carbocycles. The molecule has 3 rings (SSSR count). The molecule has 2 N–H and O–H groups in total. The van der Waals surface area contributed by atoms with Gasteiger partial charge >= 0.3 is 0 Å². The number of rotatable bonds is 8. The van der Waals surface area contributed by atoms with Crippen LogP contribution in [0.25, 0.3) is 0 Å². The van der Waals surface area contributed by atoms with E-state index in [0.717, 1.165) is 10.7 Å². The predicted octanol–water partition coefficient (Wildman–Crippen LogP) is 4.29. The highest BCUT2D eigenvalue weighted by Gasteiger charge is 2.25. The summed E-state index contributed by atoms with van der Waals surface area (Å²) < 4.78 is 27.2. The number of hydrogen-bond acceptors (Lipinski definition) is 4. The van der Waals surface area contributed by atoms with Gasteiger partial charge in [0.05, 0.1) is 27.4 Å². The first-order chi connectivity index (χ1) is 15.8. The Hall–Kier alpha value is -3.65. The zero-order valence-electron chi connectivity index (χ0n) is 18.8. The number of para-hydroxylation sites is 2. The second-order valence-electron chi connectivity index (χ2n) is 7.59. The van der Waals surface area contributed by atoms with Crippen molar-refractivity contribution in [2.24, 2.45) is 0 Å². The Labute approximate surface area is 194 Å². The molecular formula is C25H27N3O4S. The minimum Gasteiger partial charge on any atom is -0.350 e. The van der Waals surface area contributed by atoms with Gasteiger partial charge in [0.15, 0.2) is 0 Å². The molecule has 172 valence electrons. The fourth-order valence-electron chi connectivity index (χ4n) is 3.20. The number of anilines is 2. The SMILES string of the molecule is CC[C@H](C)NC(=O)c1ccccc1NC(=O)c1ccccc1N(C)S(=O)(=O)c1ccccc1. The largest absolute Gasteiger partial charge is 0.350 e. The molecule has 8 heteroatoms. The van der Waals surface area contributed by atoms with E-state index in [9.17, 15) is 18.0 Å². The van der Waals surface area contributed by atoms with Crippen LogP contribution in [-0.2, 0) is 10.0 Å². The number of carbonyl (C=O) groups is 2. The Balaban J connectivity index is 1.92. The number of amides is 2. The van der Waals surface area contributed by atoms with E-state index in [2.05, 4.69) is 10.6 Å². The summed E-state index contributed by atoms with van der Waals surface area (Å²) >= 11 is 0. The number of hydrogen-bond donors (Lipinski definition) is 2. The van der Waals surface area contributed by atoms with Crippen LogP contribution >= 0.6 is 0 Å². The molecule has 0 bridgehead atoms. The highest BCUT2D eigenvalue weighted by molar-refractivity contribution is 7.92. The van der Waals surface area contributed by atoms with Crippen LogP contribution in [0.2, 0.25) is 0 Å². The number of nitrogens with one attached hydrogen (secondary N) is 2. The minimum absolute atomic E-state index is 0.0150. The van der Waals surface area contributed by atoms with Gasteiger partial charge in [0.2, 0.25) is 0 Å². The summed E-state index contributed by atoms with van der Waals surface area (Å²) in [6.07, 6.45) is 0.774. The van der Waals surface area contributed by atoms with Crippen LogP contribution in [-0.4, -0.2) is 33.3 Å². The van der Waals surface area contributed by atoms with E-state index >= 15 is 0 Å². The Morgan fingerprint density at radius 2 is 1.42 bits per heavy atom. The van der Waals surface area contributed by atoms with Crippen LogP contribution < -0.4 is 14.9 Å². The van der Waals surface area contributed by atoms with Crippen molar-refractivity contribution in [3.63, 3.8) is 0 Å². The van der Waals surface area contributed by atoms with Crippen molar-refractivity contribution in [3.8, 4) is 0 Å². The van der Waals surface area contributed by atoms with Crippen LogP contribution in [0.3, 0.4) is 0 Å². The van der Waals surface area contributed by atoms with E-state index in [4.69, 9.17) is 0 Å². The summed E-state index contributed by atoms with van der Waals surface area (Å²) in [5, 5.41) is 5.65. The molecule has 1 atom stereocenters. The van der Waals surface area contributed by atoms with Crippen molar-refractivity contribution in [1.82, 2.24) is 5.32 Å². The predicted molar refractivity (Wildman–Crippen MR) is 130 cm³/mol. The molecule has 0 aliphatic heterocycles. The lowest BCUT2D eigenvalue weighted by Gasteiger charge is -2.22. The summed E-state index contributed by atoms with van der Waals surface area (Å²) in [5.74, 6) is -0.818. The lowest BCUT2D eigenvalue weighted by atomic mass is 10.1. The van der Waals surface area contributed by atoms with Crippen molar-refractivity contribution in [2.45, 2.75) is 31.2 Å². The molecule has 0 heterocycles. The highest BCUT2D eigenvalue weighted by atomic mass is 32.2. The molecule has 0 unspecified atom stereocenters. The number of nitrogens with zero attached hydrogens (tertiary/aromatic N) is 1. The Morgan fingerprint density at radius 3 is 2.09 bits per heavy atom. The molecule has 0 aromatic heterocycles. The van der Waals surface area contributed by atoms with Gasteiger partial charge in [-0.1, -0.05) is 49.4 Å².